The van der Waals surface area contributed by atoms with Crippen molar-refractivity contribution < 1.29 is 27.8 Å². The van der Waals surface area contributed by atoms with Gasteiger partial charge in [0.25, 0.3) is 0 Å². The Morgan fingerprint density at radius 1 is 1.08 bits per heavy atom. The average molecular weight is 678 g/mol. The van der Waals surface area contributed by atoms with Gasteiger partial charge in [0, 0.05) is 62.7 Å². The zero-order valence-corrected chi connectivity index (χ0v) is 28.2. The molecule has 3 aromatic heterocycles. The first-order valence-electron chi connectivity index (χ1n) is 16.1. The summed E-state index contributed by atoms with van der Waals surface area (Å²) in [4.78, 5) is 38.0. The van der Waals surface area contributed by atoms with Crippen LogP contribution in [0.5, 0.6) is 0 Å². The van der Waals surface area contributed by atoms with E-state index in [1.165, 1.54) is 29.6 Å². The van der Waals surface area contributed by atoms with Crippen molar-refractivity contribution in [3.05, 3.63) is 78.4 Å². The molecule has 3 amide bonds. The molecule has 2 N–H and O–H groups in total. The summed E-state index contributed by atoms with van der Waals surface area (Å²) in [7, 11) is 1.64. The molecule has 5 heterocycles. The fourth-order valence-electron chi connectivity index (χ4n) is 6.13. The molecular formula is C34H41F2N9O4. The van der Waals surface area contributed by atoms with Crippen LogP contribution in [0.1, 0.15) is 38.2 Å². The maximum Gasteiger partial charge on any atom is 0.410 e. The van der Waals surface area contributed by atoms with Crippen molar-refractivity contribution in [3.63, 3.8) is 0 Å². The fraction of sp³-hybridized carbons (Fsp3) is 0.441. The van der Waals surface area contributed by atoms with E-state index in [1.807, 2.05) is 37.3 Å². The molecule has 2 aliphatic heterocycles. The third-order valence-electron chi connectivity index (χ3n) is 8.57. The monoisotopic (exact) mass is 677 g/mol. The van der Waals surface area contributed by atoms with Gasteiger partial charge >= 0.3 is 12.1 Å². The number of aromatic nitrogens is 5. The maximum atomic E-state index is 15.6. The maximum absolute atomic E-state index is 15.6. The van der Waals surface area contributed by atoms with Crippen LogP contribution >= 0.6 is 0 Å². The Morgan fingerprint density at radius 2 is 1.80 bits per heavy atom. The fourth-order valence-corrected chi connectivity index (χ4v) is 6.13. The number of urea groups is 1. The quantitative estimate of drug-likeness (QED) is 0.261. The first kappa shape index (κ1) is 34.0. The van der Waals surface area contributed by atoms with Crippen LogP contribution in [0, 0.1) is 12.7 Å². The highest BCUT2D eigenvalue weighted by Gasteiger charge is 2.51. The van der Waals surface area contributed by atoms with Crippen LogP contribution in [0.25, 0.3) is 16.9 Å². The molecule has 49 heavy (non-hydrogen) atoms. The Kier molecular flexibility index (Phi) is 9.40. The second-order valence-corrected chi connectivity index (χ2v) is 13.5. The molecule has 0 saturated carbocycles. The highest BCUT2D eigenvalue weighted by Crippen LogP contribution is 2.36. The second-order valence-electron chi connectivity index (χ2n) is 13.5. The smallest absolute Gasteiger partial charge is 0.410 e. The van der Waals surface area contributed by atoms with Crippen LogP contribution in [-0.2, 0) is 15.1 Å². The molecule has 0 aliphatic carbocycles. The average Bonchev–Trinajstić information content (AvgIpc) is 3.75. The van der Waals surface area contributed by atoms with Crippen LogP contribution in [0.3, 0.4) is 0 Å². The normalized spacial score (nSPS) is 19.0. The van der Waals surface area contributed by atoms with Crippen LogP contribution < -0.4 is 10.6 Å². The lowest BCUT2D eigenvalue weighted by molar-refractivity contribution is -0.0577. The number of alkyl halides is 1. The number of nitrogens with zero attached hydrogens (tertiary/aromatic N) is 7. The summed E-state index contributed by atoms with van der Waals surface area (Å²) >= 11 is 0. The number of hydrogen-bond donors (Lipinski definition) is 2. The van der Waals surface area contributed by atoms with Gasteiger partial charge < -0.3 is 24.3 Å². The van der Waals surface area contributed by atoms with Gasteiger partial charge in [0.1, 0.15) is 22.9 Å². The lowest BCUT2D eigenvalue weighted by Gasteiger charge is -2.43. The van der Waals surface area contributed by atoms with E-state index < -0.39 is 23.4 Å². The van der Waals surface area contributed by atoms with Crippen molar-refractivity contribution in [1.82, 2.24) is 39.4 Å². The Bertz CT molecular complexity index is 1780. The predicted molar refractivity (Wildman–Crippen MR) is 178 cm³/mol. The molecule has 0 radical (unpaired) electrons. The molecule has 0 bridgehead atoms. The van der Waals surface area contributed by atoms with Gasteiger partial charge in [0.05, 0.1) is 37.5 Å². The molecule has 0 spiro atoms. The lowest BCUT2D eigenvalue weighted by Crippen LogP contribution is -2.60. The number of amides is 3. The topological polar surface area (TPSA) is 132 Å². The SMILES string of the molecule is COCCN1C[C@@H](n2ccc(F)c2)[C@H](NC(=O)Nc2c(C)c(-c3cnc(C4(F)CN(C(=O)OC(C)(C)C)C4)nc3)nn2-c2ccccc2)C1. The van der Waals surface area contributed by atoms with E-state index in [4.69, 9.17) is 14.6 Å². The Hall–Kier alpha value is -4.89. The standard InChI is InChI=1S/C34H41F2N9O4/c1-22-28(23-15-37-30(38-16-23)34(36)20-44(21-34)32(47)49-33(2,3)4)41-45(25-9-7-6-8-10-25)29(22)40-31(46)39-26-18-42(13-14-48-5)19-27(26)43-12-11-24(35)17-43/h6-12,15-17,26-27H,13-14,18-21H2,1-5H3,(H2,39,40,46)/t26-,27-/m1/s1. The van der Waals surface area contributed by atoms with Crippen molar-refractivity contribution in [3.8, 4) is 16.9 Å². The Morgan fingerprint density at radius 3 is 2.43 bits per heavy atom. The van der Waals surface area contributed by atoms with Gasteiger partial charge in [0.2, 0.25) is 5.67 Å². The summed E-state index contributed by atoms with van der Waals surface area (Å²) in [6, 6.07) is 9.76. The second kappa shape index (κ2) is 13.6. The first-order chi connectivity index (χ1) is 23.3. The number of hydrogen-bond acceptors (Lipinski definition) is 8. The molecular weight excluding hydrogens is 636 g/mol. The minimum absolute atomic E-state index is 0.0397. The Labute approximate surface area is 283 Å². The summed E-state index contributed by atoms with van der Waals surface area (Å²) in [5.41, 5.74) is -0.228. The number of rotatable bonds is 9. The molecule has 2 atom stereocenters. The largest absolute Gasteiger partial charge is 0.444 e. The minimum Gasteiger partial charge on any atom is -0.444 e. The number of likely N-dealkylation sites (tertiary alicyclic amines) is 2. The summed E-state index contributed by atoms with van der Waals surface area (Å²) in [6.45, 7) is 9.02. The molecule has 6 rings (SSSR count). The van der Waals surface area contributed by atoms with E-state index in [0.29, 0.717) is 54.6 Å². The molecule has 4 aromatic rings. The van der Waals surface area contributed by atoms with Crippen molar-refractivity contribution in [2.45, 2.75) is 51.0 Å². The highest BCUT2D eigenvalue weighted by atomic mass is 19.1. The van der Waals surface area contributed by atoms with Gasteiger partial charge in [-0.1, -0.05) is 18.2 Å². The third-order valence-corrected chi connectivity index (χ3v) is 8.57. The van der Waals surface area contributed by atoms with Crippen molar-refractivity contribution in [2.75, 3.05) is 51.8 Å². The summed E-state index contributed by atoms with van der Waals surface area (Å²) in [5, 5.41) is 10.9. The van der Waals surface area contributed by atoms with Crippen LogP contribution in [-0.4, -0.2) is 104 Å². The number of carbonyl (C=O) groups excluding carboxylic acids is 2. The van der Waals surface area contributed by atoms with E-state index in [1.54, 1.807) is 43.3 Å². The number of nitrogens with one attached hydrogen (secondary N) is 2. The van der Waals surface area contributed by atoms with Crippen LogP contribution in [0.15, 0.2) is 61.2 Å². The molecule has 0 unspecified atom stereocenters. The Balaban J connectivity index is 1.21. The number of benzene rings is 1. The molecule has 2 fully saturated rings. The molecule has 13 nitrogen and oxygen atoms in total. The number of halogens is 2. The number of methoxy groups -OCH3 is 1. The third kappa shape index (κ3) is 7.42. The molecule has 1 aromatic carbocycles. The number of anilines is 1. The van der Waals surface area contributed by atoms with Gasteiger partial charge in [-0.25, -0.2) is 33.0 Å². The van der Waals surface area contributed by atoms with E-state index >= 15 is 4.39 Å². The van der Waals surface area contributed by atoms with E-state index in [-0.39, 0.29) is 36.8 Å². The molecule has 260 valence electrons. The van der Waals surface area contributed by atoms with E-state index in [9.17, 15) is 14.0 Å². The van der Waals surface area contributed by atoms with Crippen molar-refractivity contribution in [1.29, 1.82) is 0 Å². The van der Waals surface area contributed by atoms with E-state index in [2.05, 4.69) is 25.5 Å². The highest BCUT2D eigenvalue weighted by molar-refractivity contribution is 5.91. The van der Waals surface area contributed by atoms with Crippen LogP contribution in [0.4, 0.5) is 24.2 Å². The zero-order chi connectivity index (χ0) is 34.9. The number of carbonyl (C=O) groups is 2. The minimum atomic E-state index is -1.90. The van der Waals surface area contributed by atoms with Gasteiger partial charge in [-0.2, -0.15) is 5.10 Å². The molecule has 2 aliphatic rings. The van der Waals surface area contributed by atoms with Gasteiger partial charge in [-0.15, -0.1) is 0 Å². The van der Waals surface area contributed by atoms with Crippen LogP contribution in [0.2, 0.25) is 0 Å². The summed E-state index contributed by atoms with van der Waals surface area (Å²) < 4.78 is 43.6. The predicted octanol–water partition coefficient (Wildman–Crippen LogP) is 4.69. The molecule has 2 saturated heterocycles. The van der Waals surface area contributed by atoms with Crippen molar-refractivity contribution in [2.24, 2.45) is 0 Å². The number of ether oxygens (including phenoxy) is 2. The van der Waals surface area contributed by atoms with Gasteiger partial charge in [-0.3, -0.25) is 10.2 Å². The summed E-state index contributed by atoms with van der Waals surface area (Å²) in [6.07, 6.45) is 5.49. The first-order valence-corrected chi connectivity index (χ1v) is 16.1. The van der Waals surface area contributed by atoms with Gasteiger partial charge in [0.15, 0.2) is 5.82 Å². The van der Waals surface area contributed by atoms with E-state index in [0.717, 1.165) is 0 Å². The zero-order valence-electron chi connectivity index (χ0n) is 28.2. The summed E-state index contributed by atoms with van der Waals surface area (Å²) in [5.74, 6) is 0.0410. The lowest BCUT2D eigenvalue weighted by atomic mass is 9.95. The molecule has 15 heteroatoms. The van der Waals surface area contributed by atoms with Crippen molar-refractivity contribution >= 4 is 17.9 Å². The van der Waals surface area contributed by atoms with Gasteiger partial charge in [-0.05, 0) is 45.9 Å². The number of para-hydroxylation sites is 1.